The van der Waals surface area contributed by atoms with E-state index in [-0.39, 0.29) is 35.3 Å². The standard InChI is InChI=1S/C7H5N3O.Na/c8-2-1-7(11)6-5-9-3-4-10-6;/h1,3-5,11H;/q;+1/p-1. The van der Waals surface area contributed by atoms with Crippen LogP contribution in [0, 0.1) is 11.3 Å². The van der Waals surface area contributed by atoms with E-state index in [1.807, 2.05) is 0 Å². The molecule has 0 aliphatic heterocycles. The van der Waals surface area contributed by atoms with Crippen LogP contribution in [-0.4, -0.2) is 9.97 Å². The average Bonchev–Trinajstić information content (AvgIpc) is 2.07. The molecule has 0 radical (unpaired) electrons. The van der Waals surface area contributed by atoms with Gasteiger partial charge in [0, 0.05) is 18.5 Å². The van der Waals surface area contributed by atoms with Gasteiger partial charge in [-0.3, -0.25) is 9.97 Å². The first kappa shape index (κ1) is 11.1. The first-order valence-electron chi connectivity index (χ1n) is 2.88. The molecule has 1 aromatic rings. The van der Waals surface area contributed by atoms with Crippen molar-refractivity contribution < 1.29 is 34.7 Å². The van der Waals surface area contributed by atoms with Crippen LogP contribution < -0.4 is 34.7 Å². The first-order valence-corrected chi connectivity index (χ1v) is 2.88. The molecule has 4 nitrogen and oxygen atoms in total. The van der Waals surface area contributed by atoms with Crippen molar-refractivity contribution in [1.82, 2.24) is 9.97 Å². The molecule has 1 aromatic heterocycles. The van der Waals surface area contributed by atoms with Crippen LogP contribution in [0.5, 0.6) is 0 Å². The van der Waals surface area contributed by atoms with Gasteiger partial charge in [0.05, 0.1) is 18.0 Å². The maximum absolute atomic E-state index is 10.9. The zero-order valence-corrected chi connectivity index (χ0v) is 8.56. The monoisotopic (exact) mass is 169 g/mol. The minimum absolute atomic E-state index is 0. The molecule has 0 spiro atoms. The fourth-order valence-corrected chi connectivity index (χ4v) is 0.559. The molecule has 0 unspecified atom stereocenters. The summed E-state index contributed by atoms with van der Waals surface area (Å²) in [6.07, 6.45) is 5.07. The van der Waals surface area contributed by atoms with Gasteiger partial charge in [0.25, 0.3) is 0 Å². The third kappa shape index (κ3) is 3.01. The Labute approximate surface area is 91.9 Å². The number of allylic oxidation sites excluding steroid dienone is 1. The molecule has 0 amide bonds. The predicted molar refractivity (Wildman–Crippen MR) is 35.6 cm³/mol. The number of aromatic nitrogens is 2. The molecule has 12 heavy (non-hydrogen) atoms. The molecule has 0 aliphatic rings. The van der Waals surface area contributed by atoms with Gasteiger partial charge in [-0.05, 0) is 0 Å². The maximum Gasteiger partial charge on any atom is 1.00 e. The second-order valence-electron chi connectivity index (χ2n) is 1.73. The van der Waals surface area contributed by atoms with Crippen molar-refractivity contribution >= 4 is 5.76 Å². The Morgan fingerprint density at radius 1 is 1.58 bits per heavy atom. The maximum atomic E-state index is 10.9. The first-order chi connectivity index (χ1) is 5.34. The third-order valence-electron chi connectivity index (χ3n) is 1.01. The molecule has 0 aliphatic carbocycles. The fourth-order valence-electron chi connectivity index (χ4n) is 0.559. The van der Waals surface area contributed by atoms with E-state index < -0.39 is 5.76 Å². The molecule has 0 saturated carbocycles. The van der Waals surface area contributed by atoms with E-state index in [2.05, 4.69) is 9.97 Å². The van der Waals surface area contributed by atoms with Crippen LogP contribution in [0.25, 0.3) is 5.76 Å². The molecular weight excluding hydrogens is 165 g/mol. The normalized spacial score (nSPS) is 9.75. The summed E-state index contributed by atoms with van der Waals surface area (Å²) in [7, 11) is 0. The number of rotatable bonds is 1. The van der Waals surface area contributed by atoms with Crippen molar-refractivity contribution in [3.05, 3.63) is 30.4 Å². The van der Waals surface area contributed by atoms with Crippen molar-refractivity contribution in [2.24, 2.45) is 0 Å². The summed E-state index contributed by atoms with van der Waals surface area (Å²) < 4.78 is 0. The molecule has 0 atom stereocenters. The quantitative estimate of drug-likeness (QED) is 0.251. The second-order valence-corrected chi connectivity index (χ2v) is 1.73. The Balaban J connectivity index is 0.00000121. The van der Waals surface area contributed by atoms with Crippen molar-refractivity contribution in [3.8, 4) is 6.07 Å². The van der Waals surface area contributed by atoms with Gasteiger partial charge in [0.1, 0.15) is 0 Å². The summed E-state index contributed by atoms with van der Waals surface area (Å²) >= 11 is 0. The van der Waals surface area contributed by atoms with Crippen molar-refractivity contribution in [2.75, 3.05) is 0 Å². The van der Waals surface area contributed by atoms with Crippen LogP contribution in [0.2, 0.25) is 0 Å². The molecular formula is C7H4N3NaO. The zero-order valence-electron chi connectivity index (χ0n) is 6.56. The molecule has 0 N–H and O–H groups in total. The SMILES string of the molecule is N#CC=C([O-])c1cnccn1.[Na+]. The summed E-state index contributed by atoms with van der Waals surface area (Å²) in [5, 5.41) is 19.0. The van der Waals surface area contributed by atoms with E-state index in [1.165, 1.54) is 18.6 Å². The smallest absolute Gasteiger partial charge is 0.870 e. The van der Waals surface area contributed by atoms with Gasteiger partial charge < -0.3 is 5.11 Å². The van der Waals surface area contributed by atoms with E-state index in [4.69, 9.17) is 5.26 Å². The van der Waals surface area contributed by atoms with Crippen LogP contribution in [-0.2, 0) is 0 Å². The van der Waals surface area contributed by atoms with Gasteiger partial charge in [0.15, 0.2) is 0 Å². The number of hydrogen-bond donors (Lipinski definition) is 0. The van der Waals surface area contributed by atoms with E-state index >= 15 is 0 Å². The van der Waals surface area contributed by atoms with Crippen LogP contribution in [0.1, 0.15) is 5.69 Å². The van der Waals surface area contributed by atoms with E-state index in [1.54, 1.807) is 6.07 Å². The Morgan fingerprint density at radius 3 is 2.83 bits per heavy atom. The average molecular weight is 169 g/mol. The molecule has 5 heteroatoms. The summed E-state index contributed by atoms with van der Waals surface area (Å²) in [4.78, 5) is 7.38. The van der Waals surface area contributed by atoms with Gasteiger partial charge in [-0.2, -0.15) is 5.26 Å². The number of nitriles is 1. The largest absolute Gasteiger partial charge is 1.00 e. The van der Waals surface area contributed by atoms with Crippen molar-refractivity contribution in [1.29, 1.82) is 5.26 Å². The van der Waals surface area contributed by atoms with Gasteiger partial charge in [-0.15, -0.1) is 0 Å². The van der Waals surface area contributed by atoms with Gasteiger partial charge >= 0.3 is 29.6 Å². The van der Waals surface area contributed by atoms with Crippen molar-refractivity contribution in [3.63, 3.8) is 0 Å². The summed E-state index contributed by atoms with van der Waals surface area (Å²) in [6.45, 7) is 0. The van der Waals surface area contributed by atoms with Gasteiger partial charge in [0.2, 0.25) is 0 Å². The van der Waals surface area contributed by atoms with Crippen LogP contribution in [0.15, 0.2) is 24.7 Å². The van der Waals surface area contributed by atoms with E-state index in [0.29, 0.717) is 0 Å². The van der Waals surface area contributed by atoms with Crippen LogP contribution >= 0.6 is 0 Å². The van der Waals surface area contributed by atoms with Gasteiger partial charge in [-0.25, -0.2) is 0 Å². The van der Waals surface area contributed by atoms with Crippen molar-refractivity contribution in [2.45, 2.75) is 0 Å². The Kier molecular flexibility index (Phi) is 5.30. The third-order valence-corrected chi connectivity index (χ3v) is 1.01. The summed E-state index contributed by atoms with van der Waals surface area (Å²) in [5.41, 5.74) is 0.189. The molecule has 1 heterocycles. The second kappa shape index (κ2) is 5.72. The van der Waals surface area contributed by atoms with Crippen LogP contribution in [0.3, 0.4) is 0 Å². The minimum atomic E-state index is -0.416. The summed E-state index contributed by atoms with van der Waals surface area (Å²) in [5.74, 6) is -0.416. The van der Waals surface area contributed by atoms with E-state index in [0.717, 1.165) is 6.08 Å². The number of nitrogens with zero attached hydrogens (tertiary/aromatic N) is 3. The number of hydrogen-bond acceptors (Lipinski definition) is 4. The Bertz CT molecular complexity index is 304. The van der Waals surface area contributed by atoms with Crippen LogP contribution in [0.4, 0.5) is 0 Å². The Morgan fingerprint density at radius 2 is 2.33 bits per heavy atom. The van der Waals surface area contributed by atoms with E-state index in [9.17, 15) is 5.11 Å². The fraction of sp³-hybridized carbons (Fsp3) is 0. The predicted octanol–water partition coefficient (Wildman–Crippen LogP) is -3.29. The minimum Gasteiger partial charge on any atom is -0.870 e. The topological polar surface area (TPSA) is 72.6 Å². The molecule has 0 bridgehead atoms. The Hall–Kier alpha value is -0.890. The molecule has 0 saturated heterocycles. The molecule has 0 fully saturated rings. The molecule has 54 valence electrons. The molecule has 0 aromatic carbocycles. The van der Waals surface area contributed by atoms with Gasteiger partial charge in [-0.1, -0.05) is 5.76 Å². The molecule has 1 rings (SSSR count). The zero-order chi connectivity index (χ0) is 8.10. The summed E-state index contributed by atoms with van der Waals surface area (Å²) in [6, 6.07) is 1.62.